The molecule has 1 fully saturated rings. The van der Waals surface area contributed by atoms with Gasteiger partial charge < -0.3 is 10.1 Å². The molecule has 1 saturated heterocycles. The molecule has 1 aromatic heterocycles. The van der Waals surface area contributed by atoms with E-state index in [1.165, 1.54) is 0 Å². The summed E-state index contributed by atoms with van der Waals surface area (Å²) in [5, 5.41) is 9.99. The number of amides is 1. The fourth-order valence-corrected chi connectivity index (χ4v) is 2.63. The molecule has 1 aromatic carbocycles. The Labute approximate surface area is 123 Å². The summed E-state index contributed by atoms with van der Waals surface area (Å²) in [7, 11) is 0. The number of nitrogens with one attached hydrogen (secondary N) is 2. The summed E-state index contributed by atoms with van der Waals surface area (Å²) in [4.78, 5) is 12.1. The van der Waals surface area contributed by atoms with Gasteiger partial charge in [0.15, 0.2) is 5.82 Å². The van der Waals surface area contributed by atoms with Crippen molar-refractivity contribution in [2.45, 2.75) is 26.4 Å². The summed E-state index contributed by atoms with van der Waals surface area (Å²) in [5.41, 5.74) is 3.15. The molecule has 2 aromatic rings. The van der Waals surface area contributed by atoms with Crippen LogP contribution in [0.2, 0.25) is 0 Å². The number of aryl methyl sites for hydroxylation is 1. The second kappa shape index (κ2) is 5.69. The van der Waals surface area contributed by atoms with Gasteiger partial charge in [-0.15, -0.1) is 0 Å². The average molecular weight is 285 g/mol. The number of anilines is 1. The van der Waals surface area contributed by atoms with E-state index in [-0.39, 0.29) is 17.9 Å². The van der Waals surface area contributed by atoms with Crippen molar-refractivity contribution in [1.29, 1.82) is 0 Å². The molecule has 0 saturated carbocycles. The van der Waals surface area contributed by atoms with Gasteiger partial charge >= 0.3 is 0 Å². The van der Waals surface area contributed by atoms with Crippen LogP contribution in [0.15, 0.2) is 30.3 Å². The van der Waals surface area contributed by atoms with Crippen LogP contribution in [0.4, 0.5) is 5.82 Å². The smallest absolute Gasteiger partial charge is 0.231 e. The molecule has 0 spiro atoms. The Balaban J connectivity index is 1.71. The first kappa shape index (κ1) is 13.8. The molecule has 0 aliphatic carbocycles. The van der Waals surface area contributed by atoms with Crippen molar-refractivity contribution in [1.82, 2.24) is 10.2 Å². The van der Waals surface area contributed by atoms with Crippen molar-refractivity contribution in [2.75, 3.05) is 11.9 Å². The van der Waals surface area contributed by atoms with E-state index in [1.54, 1.807) is 0 Å². The molecule has 1 aliphatic heterocycles. The van der Waals surface area contributed by atoms with E-state index in [1.807, 2.05) is 44.2 Å². The monoisotopic (exact) mass is 285 g/mol. The summed E-state index contributed by atoms with van der Waals surface area (Å²) in [5.74, 6) is 0.443. The van der Waals surface area contributed by atoms with Gasteiger partial charge in [0.05, 0.1) is 24.3 Å². The third kappa shape index (κ3) is 2.97. The van der Waals surface area contributed by atoms with Gasteiger partial charge in [0.25, 0.3) is 0 Å². The van der Waals surface area contributed by atoms with Gasteiger partial charge in [-0.05, 0) is 25.8 Å². The number of benzene rings is 1. The molecule has 1 aliphatic rings. The van der Waals surface area contributed by atoms with Crippen molar-refractivity contribution in [2.24, 2.45) is 5.92 Å². The van der Waals surface area contributed by atoms with Gasteiger partial charge in [0.1, 0.15) is 0 Å². The van der Waals surface area contributed by atoms with E-state index in [4.69, 9.17) is 4.74 Å². The van der Waals surface area contributed by atoms with Crippen LogP contribution in [-0.4, -0.2) is 28.8 Å². The van der Waals surface area contributed by atoms with Crippen molar-refractivity contribution < 1.29 is 9.53 Å². The third-order valence-electron chi connectivity index (χ3n) is 3.83. The van der Waals surface area contributed by atoms with Gasteiger partial charge in [0.2, 0.25) is 5.91 Å². The average Bonchev–Trinajstić information content (AvgIpc) is 3.08. The predicted molar refractivity (Wildman–Crippen MR) is 80.9 cm³/mol. The number of aromatic amines is 1. The summed E-state index contributed by atoms with van der Waals surface area (Å²) < 4.78 is 5.43. The van der Waals surface area contributed by atoms with Gasteiger partial charge in [-0.3, -0.25) is 9.89 Å². The van der Waals surface area contributed by atoms with E-state index >= 15 is 0 Å². The number of carbonyl (C=O) groups is 1. The Hall–Kier alpha value is -2.14. The second-order valence-electron chi connectivity index (χ2n) is 5.55. The van der Waals surface area contributed by atoms with E-state index in [2.05, 4.69) is 15.5 Å². The highest BCUT2D eigenvalue weighted by atomic mass is 16.5. The molecule has 5 nitrogen and oxygen atoms in total. The van der Waals surface area contributed by atoms with Crippen molar-refractivity contribution >= 4 is 11.7 Å². The number of aromatic nitrogens is 2. The van der Waals surface area contributed by atoms with Gasteiger partial charge in [-0.1, -0.05) is 24.3 Å². The number of hydrogen-bond acceptors (Lipinski definition) is 3. The predicted octanol–water partition coefficient (Wildman–Crippen LogP) is 2.75. The Kier molecular flexibility index (Phi) is 3.75. The Bertz CT molecular complexity index is 650. The minimum atomic E-state index is -0.0846. The molecule has 2 heterocycles. The molecule has 3 rings (SSSR count). The van der Waals surface area contributed by atoms with E-state index in [0.29, 0.717) is 12.4 Å². The highest BCUT2D eigenvalue weighted by Gasteiger charge is 2.28. The van der Waals surface area contributed by atoms with Crippen LogP contribution in [-0.2, 0) is 9.53 Å². The lowest BCUT2D eigenvalue weighted by Gasteiger charge is -2.06. The zero-order valence-electron chi connectivity index (χ0n) is 12.2. The summed E-state index contributed by atoms with van der Waals surface area (Å²) in [6.45, 7) is 4.52. The summed E-state index contributed by atoms with van der Waals surface area (Å²) in [6.07, 6.45) is 0.920. The van der Waals surface area contributed by atoms with Crippen LogP contribution < -0.4 is 5.32 Å². The van der Waals surface area contributed by atoms with Crippen LogP contribution in [0.25, 0.3) is 11.3 Å². The topological polar surface area (TPSA) is 67.0 Å². The van der Waals surface area contributed by atoms with Crippen LogP contribution in [0.1, 0.15) is 18.9 Å². The maximum atomic E-state index is 12.1. The number of H-pyrrole nitrogens is 1. The number of rotatable bonds is 3. The molecule has 2 unspecified atom stereocenters. The first-order chi connectivity index (χ1) is 10.1. The minimum Gasteiger partial charge on any atom is -0.378 e. The Morgan fingerprint density at radius 3 is 2.95 bits per heavy atom. The third-order valence-corrected chi connectivity index (χ3v) is 3.83. The van der Waals surface area contributed by atoms with E-state index in [0.717, 1.165) is 23.2 Å². The molecule has 0 radical (unpaired) electrons. The van der Waals surface area contributed by atoms with Crippen molar-refractivity contribution in [3.8, 4) is 11.3 Å². The summed E-state index contributed by atoms with van der Waals surface area (Å²) in [6, 6.07) is 9.92. The SMILES string of the molecule is Cc1ccccc1-c1cc(NC(=O)C2COC(C)C2)n[nH]1. The lowest BCUT2D eigenvalue weighted by Crippen LogP contribution is -2.23. The second-order valence-corrected chi connectivity index (χ2v) is 5.55. The lowest BCUT2D eigenvalue weighted by atomic mass is 10.1. The highest BCUT2D eigenvalue weighted by molar-refractivity contribution is 5.92. The molecule has 5 heteroatoms. The molecule has 1 amide bonds. The van der Waals surface area contributed by atoms with E-state index < -0.39 is 0 Å². The number of nitrogens with zero attached hydrogens (tertiary/aromatic N) is 1. The molecule has 21 heavy (non-hydrogen) atoms. The standard InChI is InChI=1S/C16H19N3O2/c1-10-5-3-4-6-13(10)14-8-15(19-18-14)17-16(20)12-7-11(2)21-9-12/h3-6,8,11-12H,7,9H2,1-2H3,(H2,17,18,19,20). The maximum absolute atomic E-state index is 12.1. The van der Waals surface area contributed by atoms with Gasteiger partial charge in [-0.2, -0.15) is 5.10 Å². The molecule has 2 atom stereocenters. The van der Waals surface area contributed by atoms with Gasteiger partial charge in [-0.25, -0.2) is 0 Å². The maximum Gasteiger partial charge on any atom is 0.231 e. The molecular weight excluding hydrogens is 266 g/mol. The Morgan fingerprint density at radius 1 is 1.43 bits per heavy atom. The number of ether oxygens (including phenoxy) is 1. The lowest BCUT2D eigenvalue weighted by molar-refractivity contribution is -0.119. The molecule has 0 bridgehead atoms. The quantitative estimate of drug-likeness (QED) is 0.911. The fraction of sp³-hybridized carbons (Fsp3) is 0.375. The fourth-order valence-electron chi connectivity index (χ4n) is 2.63. The molecular formula is C16H19N3O2. The summed E-state index contributed by atoms with van der Waals surface area (Å²) >= 11 is 0. The molecule has 2 N–H and O–H groups in total. The highest BCUT2D eigenvalue weighted by Crippen LogP contribution is 2.24. The van der Waals surface area contributed by atoms with E-state index in [9.17, 15) is 4.79 Å². The first-order valence-electron chi connectivity index (χ1n) is 7.17. The molecule has 110 valence electrons. The van der Waals surface area contributed by atoms with Crippen LogP contribution in [0.3, 0.4) is 0 Å². The van der Waals surface area contributed by atoms with Crippen LogP contribution in [0.5, 0.6) is 0 Å². The van der Waals surface area contributed by atoms with Crippen molar-refractivity contribution in [3.63, 3.8) is 0 Å². The normalized spacial score (nSPS) is 21.4. The van der Waals surface area contributed by atoms with Crippen LogP contribution in [0, 0.1) is 12.8 Å². The largest absolute Gasteiger partial charge is 0.378 e. The van der Waals surface area contributed by atoms with Crippen LogP contribution >= 0.6 is 0 Å². The zero-order chi connectivity index (χ0) is 14.8. The van der Waals surface area contributed by atoms with Crippen molar-refractivity contribution in [3.05, 3.63) is 35.9 Å². The Morgan fingerprint density at radius 2 is 2.24 bits per heavy atom. The first-order valence-corrected chi connectivity index (χ1v) is 7.17. The number of carbonyl (C=O) groups excluding carboxylic acids is 1. The van der Waals surface area contributed by atoms with Gasteiger partial charge in [0, 0.05) is 11.6 Å². The number of hydrogen-bond donors (Lipinski definition) is 2. The zero-order valence-corrected chi connectivity index (χ0v) is 12.2. The minimum absolute atomic E-state index is 0.0258.